The zero-order chi connectivity index (χ0) is 9.14. The normalized spacial score (nSPS) is 9.08. The number of rotatable bonds is 1. The minimum atomic E-state index is -0.311. The second-order valence-corrected chi connectivity index (χ2v) is 3.87. The fourth-order valence-corrected chi connectivity index (χ4v) is 1.98. The fraction of sp³-hybridized carbons (Fsp3) is 0. The van der Waals surface area contributed by atoms with E-state index in [1.54, 1.807) is 18.2 Å². The Hall–Kier alpha value is -0.590. The number of hydrogen-bond acceptors (Lipinski definition) is 1. The molecule has 0 saturated heterocycles. The smallest absolute Gasteiger partial charge is 0.236 e. The van der Waals surface area contributed by atoms with E-state index in [9.17, 15) is 4.79 Å². The van der Waals surface area contributed by atoms with Crippen molar-refractivity contribution in [2.45, 2.75) is 0 Å². The third-order valence-electron chi connectivity index (χ3n) is 1.31. The van der Waals surface area contributed by atoms with E-state index in [2.05, 4.69) is 37.8 Å². The second kappa shape index (κ2) is 3.88. The van der Waals surface area contributed by atoms with Gasteiger partial charge < -0.3 is 0 Å². The van der Waals surface area contributed by atoms with E-state index in [0.29, 0.717) is 10.0 Å². The predicted molar refractivity (Wildman–Crippen MR) is 55.0 cm³/mol. The molecule has 0 amide bonds. The molecule has 1 rings (SSSR count). The first-order valence-electron chi connectivity index (χ1n) is 3.11. The van der Waals surface area contributed by atoms with E-state index in [1.165, 1.54) is 0 Å². The van der Waals surface area contributed by atoms with E-state index in [1.807, 2.05) is 0 Å². The highest BCUT2D eigenvalue weighted by Gasteiger charge is 2.06. The van der Waals surface area contributed by atoms with Crippen molar-refractivity contribution in [3.05, 3.63) is 32.7 Å². The van der Waals surface area contributed by atoms with E-state index in [4.69, 9.17) is 6.42 Å². The van der Waals surface area contributed by atoms with Crippen LogP contribution in [0.2, 0.25) is 0 Å². The topological polar surface area (TPSA) is 17.1 Å². The summed E-state index contributed by atoms with van der Waals surface area (Å²) in [5, 5.41) is 0. The lowest BCUT2D eigenvalue weighted by Crippen LogP contribution is -1.95. The Morgan fingerprint density at radius 3 is 2.58 bits per heavy atom. The number of terminal acetylenes is 1. The molecule has 0 fully saturated rings. The van der Waals surface area contributed by atoms with Crippen LogP contribution in [0.1, 0.15) is 10.4 Å². The first kappa shape index (κ1) is 9.50. The van der Waals surface area contributed by atoms with Crippen molar-refractivity contribution in [3.63, 3.8) is 0 Å². The Kier molecular flexibility index (Phi) is 3.07. The van der Waals surface area contributed by atoms with Gasteiger partial charge in [-0.1, -0.05) is 15.9 Å². The highest BCUT2D eigenvalue weighted by atomic mass is 79.9. The van der Waals surface area contributed by atoms with Gasteiger partial charge in [0.05, 0.1) is 0 Å². The maximum atomic E-state index is 11.1. The Morgan fingerprint density at radius 1 is 1.42 bits per heavy atom. The van der Waals surface area contributed by atoms with Gasteiger partial charge in [0.1, 0.15) is 0 Å². The van der Waals surface area contributed by atoms with Gasteiger partial charge in [0.25, 0.3) is 0 Å². The van der Waals surface area contributed by atoms with Crippen molar-refractivity contribution < 1.29 is 4.79 Å². The minimum Gasteiger partial charge on any atom is -0.279 e. The summed E-state index contributed by atoms with van der Waals surface area (Å²) >= 11 is 6.52. The van der Waals surface area contributed by atoms with Crippen molar-refractivity contribution in [2.24, 2.45) is 0 Å². The van der Waals surface area contributed by atoms with Gasteiger partial charge in [-0.25, -0.2) is 0 Å². The van der Waals surface area contributed by atoms with Crippen LogP contribution in [0, 0.1) is 12.3 Å². The van der Waals surface area contributed by atoms with Crippen molar-refractivity contribution in [1.29, 1.82) is 0 Å². The number of benzene rings is 1. The molecule has 0 aliphatic rings. The summed E-state index contributed by atoms with van der Waals surface area (Å²) in [4.78, 5) is 11.1. The SMILES string of the molecule is C#CC(=O)c1ccc(Br)cc1Br. The molecule has 1 aromatic rings. The number of ketones is 1. The molecule has 0 aliphatic carbocycles. The van der Waals surface area contributed by atoms with Crippen molar-refractivity contribution in [3.8, 4) is 12.3 Å². The van der Waals surface area contributed by atoms with Gasteiger partial charge in [-0.05, 0) is 40.0 Å². The largest absolute Gasteiger partial charge is 0.279 e. The number of carbonyl (C=O) groups excluding carboxylic acids is 1. The second-order valence-electron chi connectivity index (χ2n) is 2.10. The summed E-state index contributed by atoms with van der Waals surface area (Å²) in [5.41, 5.74) is 0.515. The molecule has 0 N–H and O–H groups in total. The summed E-state index contributed by atoms with van der Waals surface area (Å²) in [6.45, 7) is 0. The molecule has 12 heavy (non-hydrogen) atoms. The highest BCUT2D eigenvalue weighted by molar-refractivity contribution is 9.11. The zero-order valence-electron chi connectivity index (χ0n) is 5.97. The van der Waals surface area contributed by atoms with E-state index in [0.717, 1.165) is 4.47 Å². The molecule has 0 atom stereocenters. The minimum absolute atomic E-state index is 0.311. The van der Waals surface area contributed by atoms with Gasteiger partial charge in [-0.15, -0.1) is 6.42 Å². The number of Topliss-reactive ketones (excluding diaryl/α,β-unsaturated/α-hetero) is 1. The van der Waals surface area contributed by atoms with Crippen LogP contribution in [0.25, 0.3) is 0 Å². The summed E-state index contributed by atoms with van der Waals surface area (Å²) in [5.74, 6) is 1.75. The molecule has 0 heterocycles. The average molecular weight is 288 g/mol. The molecule has 3 heteroatoms. The van der Waals surface area contributed by atoms with E-state index < -0.39 is 0 Å². The monoisotopic (exact) mass is 286 g/mol. The van der Waals surface area contributed by atoms with Crippen LogP contribution >= 0.6 is 31.9 Å². The predicted octanol–water partition coefficient (Wildman–Crippen LogP) is 3.03. The quantitative estimate of drug-likeness (QED) is 0.441. The third-order valence-corrected chi connectivity index (χ3v) is 2.46. The maximum Gasteiger partial charge on any atom is 0.236 e. The zero-order valence-corrected chi connectivity index (χ0v) is 9.15. The molecule has 0 aliphatic heterocycles. The Morgan fingerprint density at radius 2 is 2.08 bits per heavy atom. The summed E-state index contributed by atoms with van der Waals surface area (Å²) in [7, 11) is 0. The molecular formula is C9H4Br2O. The molecule has 0 aromatic heterocycles. The summed E-state index contributed by atoms with van der Waals surface area (Å²) in [6, 6.07) is 5.23. The molecule has 1 aromatic carbocycles. The van der Waals surface area contributed by atoms with Crippen LogP contribution in [-0.2, 0) is 0 Å². The van der Waals surface area contributed by atoms with Gasteiger partial charge in [0, 0.05) is 14.5 Å². The molecule has 0 saturated carbocycles. The van der Waals surface area contributed by atoms with Crippen LogP contribution in [0.15, 0.2) is 27.1 Å². The lowest BCUT2D eigenvalue weighted by Gasteiger charge is -1.98. The lowest BCUT2D eigenvalue weighted by atomic mass is 10.1. The first-order valence-corrected chi connectivity index (χ1v) is 4.69. The molecule has 0 radical (unpaired) electrons. The van der Waals surface area contributed by atoms with Gasteiger partial charge in [-0.3, -0.25) is 4.79 Å². The van der Waals surface area contributed by atoms with Crippen LogP contribution in [0.5, 0.6) is 0 Å². The van der Waals surface area contributed by atoms with E-state index in [-0.39, 0.29) is 5.78 Å². The number of carbonyl (C=O) groups is 1. The molecule has 1 nitrogen and oxygen atoms in total. The number of halogens is 2. The third kappa shape index (κ3) is 1.96. The average Bonchev–Trinajstić information content (AvgIpc) is 2.03. The van der Waals surface area contributed by atoms with E-state index >= 15 is 0 Å². The maximum absolute atomic E-state index is 11.1. The van der Waals surface area contributed by atoms with Gasteiger partial charge in [0.2, 0.25) is 5.78 Å². The van der Waals surface area contributed by atoms with Gasteiger partial charge in [-0.2, -0.15) is 0 Å². The molecular weight excluding hydrogens is 284 g/mol. The van der Waals surface area contributed by atoms with Crippen LogP contribution in [0.4, 0.5) is 0 Å². The van der Waals surface area contributed by atoms with Crippen molar-refractivity contribution in [1.82, 2.24) is 0 Å². The highest BCUT2D eigenvalue weighted by Crippen LogP contribution is 2.21. The van der Waals surface area contributed by atoms with Crippen LogP contribution in [-0.4, -0.2) is 5.78 Å². The molecule has 0 unspecified atom stereocenters. The lowest BCUT2D eigenvalue weighted by molar-refractivity contribution is 0.105. The first-order chi connectivity index (χ1) is 5.65. The Balaban J connectivity index is 3.20. The Bertz CT molecular complexity index is 363. The number of hydrogen-bond donors (Lipinski definition) is 0. The van der Waals surface area contributed by atoms with Gasteiger partial charge >= 0.3 is 0 Å². The van der Waals surface area contributed by atoms with Crippen LogP contribution < -0.4 is 0 Å². The van der Waals surface area contributed by atoms with Crippen LogP contribution in [0.3, 0.4) is 0 Å². The summed E-state index contributed by atoms with van der Waals surface area (Å²) < 4.78 is 1.61. The van der Waals surface area contributed by atoms with Crippen molar-refractivity contribution in [2.75, 3.05) is 0 Å². The standard InChI is InChI=1S/C9H4Br2O/c1-2-9(12)7-4-3-6(10)5-8(7)11/h1,3-5H. The van der Waals surface area contributed by atoms with Gasteiger partial charge in [0.15, 0.2) is 0 Å². The summed E-state index contributed by atoms with van der Waals surface area (Å²) in [6.07, 6.45) is 4.98. The molecule has 0 spiro atoms. The molecule has 60 valence electrons. The molecule has 0 bridgehead atoms. The van der Waals surface area contributed by atoms with Crippen molar-refractivity contribution >= 4 is 37.6 Å². The Labute approximate surface area is 87.4 Å². The fourth-order valence-electron chi connectivity index (χ4n) is 0.751.